The van der Waals surface area contributed by atoms with Crippen LogP contribution in [0.5, 0.6) is 0 Å². The molecule has 34 heavy (non-hydrogen) atoms. The third-order valence-electron chi connectivity index (χ3n) is 7.17. The fraction of sp³-hybridized carbons (Fsp3) is 0.444. The summed E-state index contributed by atoms with van der Waals surface area (Å²) in [4.78, 5) is 38.2. The Labute approximate surface area is 199 Å². The van der Waals surface area contributed by atoms with Crippen LogP contribution in [0.2, 0.25) is 0 Å². The molecule has 2 aromatic rings. The van der Waals surface area contributed by atoms with Gasteiger partial charge in [-0.15, -0.1) is 0 Å². The topological polar surface area (TPSA) is 87.7 Å². The van der Waals surface area contributed by atoms with E-state index < -0.39 is 6.04 Å². The zero-order valence-electron chi connectivity index (χ0n) is 19.3. The van der Waals surface area contributed by atoms with Gasteiger partial charge in [0, 0.05) is 31.1 Å². The molecule has 5 rings (SSSR count). The van der Waals surface area contributed by atoms with Crippen molar-refractivity contribution in [2.75, 3.05) is 0 Å². The third-order valence-corrected chi connectivity index (χ3v) is 7.17. The number of benzene rings is 2. The van der Waals surface area contributed by atoms with Gasteiger partial charge in [0.15, 0.2) is 0 Å². The first kappa shape index (κ1) is 22.7. The van der Waals surface area contributed by atoms with Crippen molar-refractivity contribution >= 4 is 17.7 Å². The minimum absolute atomic E-state index is 0.134. The first-order valence-corrected chi connectivity index (χ1v) is 12.2. The Bertz CT molecular complexity index is 1070. The molecule has 0 aromatic heterocycles. The maximum atomic E-state index is 12.9. The average molecular weight is 462 g/mol. The van der Waals surface area contributed by atoms with Crippen LogP contribution >= 0.6 is 0 Å². The number of carbonyl (C=O) groups excluding carboxylic acids is 3. The van der Waals surface area contributed by atoms with Gasteiger partial charge in [-0.2, -0.15) is 0 Å². The number of ether oxygens (including phenoxy) is 1. The molecule has 0 bridgehead atoms. The number of carbonyl (C=O) groups is 3. The van der Waals surface area contributed by atoms with E-state index in [0.29, 0.717) is 37.7 Å². The molecule has 0 spiro atoms. The number of hydrogen-bond acceptors (Lipinski definition) is 5. The van der Waals surface area contributed by atoms with Crippen LogP contribution in [0.1, 0.15) is 65.6 Å². The van der Waals surface area contributed by atoms with Crippen molar-refractivity contribution in [1.29, 1.82) is 0 Å². The molecule has 3 atom stereocenters. The average Bonchev–Trinajstić information content (AvgIpc) is 3.18. The summed E-state index contributed by atoms with van der Waals surface area (Å²) in [6, 6.07) is 15.9. The second-order valence-corrected chi connectivity index (χ2v) is 9.50. The Hall–Kier alpha value is -3.03. The van der Waals surface area contributed by atoms with E-state index in [2.05, 4.69) is 28.8 Å². The number of nitrogens with zero attached hydrogens (tertiary/aromatic N) is 1. The van der Waals surface area contributed by atoms with Gasteiger partial charge in [-0.3, -0.25) is 19.7 Å². The van der Waals surface area contributed by atoms with Crippen LogP contribution in [-0.4, -0.2) is 40.8 Å². The molecule has 3 aliphatic rings. The van der Waals surface area contributed by atoms with Gasteiger partial charge in [0.05, 0.1) is 12.7 Å². The van der Waals surface area contributed by atoms with Crippen LogP contribution in [-0.2, 0) is 34.0 Å². The summed E-state index contributed by atoms with van der Waals surface area (Å²) in [5.74, 6) is -0.781. The van der Waals surface area contributed by atoms with Crippen LogP contribution in [0.3, 0.4) is 0 Å². The molecule has 2 N–H and O–H groups in total. The SMILES string of the molecule is O=C1CCC(N2Cc3cc(CN[C@@H]4CCCC[C@H]4OCc4ccccc4)ccc3C2=O)C(=O)N1. The van der Waals surface area contributed by atoms with E-state index in [0.717, 1.165) is 24.0 Å². The van der Waals surface area contributed by atoms with Gasteiger partial charge in [0.2, 0.25) is 11.8 Å². The number of rotatable bonds is 7. The highest BCUT2D eigenvalue weighted by atomic mass is 16.5. The molecule has 178 valence electrons. The van der Waals surface area contributed by atoms with Gasteiger partial charge in [-0.25, -0.2) is 0 Å². The summed E-state index contributed by atoms with van der Waals surface area (Å²) in [6.45, 7) is 1.73. The Morgan fingerprint density at radius 2 is 1.79 bits per heavy atom. The Morgan fingerprint density at radius 3 is 2.62 bits per heavy atom. The first-order chi connectivity index (χ1) is 16.6. The minimum Gasteiger partial charge on any atom is -0.372 e. The molecule has 1 aliphatic carbocycles. The van der Waals surface area contributed by atoms with E-state index >= 15 is 0 Å². The van der Waals surface area contributed by atoms with Crippen molar-refractivity contribution in [1.82, 2.24) is 15.5 Å². The summed E-state index contributed by atoms with van der Waals surface area (Å²) in [5.41, 5.74) is 3.89. The summed E-state index contributed by atoms with van der Waals surface area (Å²) >= 11 is 0. The standard InChI is InChI=1S/C27H31N3O4/c31-25-13-12-23(26(32)29-25)30-16-20-14-19(10-11-21(20)27(30)33)15-28-22-8-4-5-9-24(22)34-17-18-6-2-1-3-7-18/h1-3,6-7,10-11,14,22-24,28H,4-5,8-9,12-13,15-17H2,(H,29,31,32)/t22-,23?,24-/m1/s1. The molecule has 7 heteroatoms. The van der Waals surface area contributed by atoms with Gasteiger partial charge >= 0.3 is 0 Å². The van der Waals surface area contributed by atoms with E-state index in [1.807, 2.05) is 30.3 Å². The first-order valence-electron chi connectivity index (χ1n) is 12.2. The molecule has 2 heterocycles. The molecular formula is C27H31N3O4. The monoisotopic (exact) mass is 461 g/mol. The van der Waals surface area contributed by atoms with Crippen LogP contribution in [0.15, 0.2) is 48.5 Å². The van der Waals surface area contributed by atoms with Crippen LogP contribution in [0, 0.1) is 0 Å². The quantitative estimate of drug-likeness (QED) is 0.619. The molecule has 1 unspecified atom stereocenters. The highest BCUT2D eigenvalue weighted by Gasteiger charge is 2.39. The number of fused-ring (bicyclic) bond motifs is 1. The second kappa shape index (κ2) is 10.1. The lowest BCUT2D eigenvalue weighted by molar-refractivity contribution is -0.136. The van der Waals surface area contributed by atoms with E-state index in [1.165, 1.54) is 18.4 Å². The fourth-order valence-electron chi connectivity index (χ4n) is 5.29. The Kier molecular flexibility index (Phi) is 6.74. The largest absolute Gasteiger partial charge is 0.372 e. The molecule has 1 saturated heterocycles. The van der Waals surface area contributed by atoms with Gasteiger partial charge in [-0.1, -0.05) is 55.3 Å². The maximum absolute atomic E-state index is 12.9. The molecular weight excluding hydrogens is 430 g/mol. The van der Waals surface area contributed by atoms with Crippen molar-refractivity contribution < 1.29 is 19.1 Å². The van der Waals surface area contributed by atoms with Crippen LogP contribution < -0.4 is 10.6 Å². The van der Waals surface area contributed by atoms with Crippen molar-refractivity contribution in [2.45, 2.75) is 76.4 Å². The molecule has 2 aliphatic heterocycles. The Balaban J connectivity index is 1.19. The lowest BCUT2D eigenvalue weighted by Crippen LogP contribution is -2.52. The van der Waals surface area contributed by atoms with Gasteiger partial charge in [-0.05, 0) is 42.0 Å². The molecule has 3 amide bonds. The van der Waals surface area contributed by atoms with Crippen molar-refractivity contribution in [3.05, 3.63) is 70.8 Å². The smallest absolute Gasteiger partial charge is 0.255 e. The molecule has 2 fully saturated rings. The van der Waals surface area contributed by atoms with Crippen LogP contribution in [0.4, 0.5) is 0 Å². The van der Waals surface area contributed by atoms with E-state index in [1.54, 1.807) is 4.90 Å². The van der Waals surface area contributed by atoms with E-state index in [-0.39, 0.29) is 30.2 Å². The maximum Gasteiger partial charge on any atom is 0.255 e. The third kappa shape index (κ3) is 4.91. The summed E-state index contributed by atoms with van der Waals surface area (Å²) in [6.07, 6.45) is 5.37. The number of hydrogen-bond donors (Lipinski definition) is 2. The number of nitrogens with one attached hydrogen (secondary N) is 2. The molecule has 1 saturated carbocycles. The summed E-state index contributed by atoms with van der Waals surface area (Å²) in [7, 11) is 0. The van der Waals surface area contributed by atoms with Crippen molar-refractivity contribution in [2.24, 2.45) is 0 Å². The van der Waals surface area contributed by atoms with Crippen LogP contribution in [0.25, 0.3) is 0 Å². The number of amides is 3. The van der Waals surface area contributed by atoms with E-state index in [4.69, 9.17) is 4.74 Å². The lowest BCUT2D eigenvalue weighted by atomic mass is 9.92. The fourth-order valence-corrected chi connectivity index (χ4v) is 5.29. The molecule has 0 radical (unpaired) electrons. The Morgan fingerprint density at radius 1 is 0.971 bits per heavy atom. The predicted molar refractivity (Wildman–Crippen MR) is 127 cm³/mol. The van der Waals surface area contributed by atoms with Gasteiger partial charge < -0.3 is 15.0 Å². The van der Waals surface area contributed by atoms with Crippen molar-refractivity contribution in [3.63, 3.8) is 0 Å². The minimum atomic E-state index is -0.580. The summed E-state index contributed by atoms with van der Waals surface area (Å²) < 4.78 is 6.28. The number of piperidine rings is 1. The van der Waals surface area contributed by atoms with Gasteiger partial charge in [0.1, 0.15) is 6.04 Å². The summed E-state index contributed by atoms with van der Waals surface area (Å²) in [5, 5.41) is 6.04. The van der Waals surface area contributed by atoms with Crippen molar-refractivity contribution in [3.8, 4) is 0 Å². The zero-order chi connectivity index (χ0) is 23.5. The molecule has 7 nitrogen and oxygen atoms in total. The molecule has 2 aromatic carbocycles. The normalized spacial score (nSPS) is 24.8. The highest BCUT2D eigenvalue weighted by molar-refractivity contribution is 6.05. The number of imide groups is 1. The predicted octanol–water partition coefficient (Wildman–Crippen LogP) is 3.07. The second-order valence-electron chi connectivity index (χ2n) is 9.50. The lowest BCUT2D eigenvalue weighted by Gasteiger charge is -2.32. The highest BCUT2D eigenvalue weighted by Crippen LogP contribution is 2.29. The zero-order valence-corrected chi connectivity index (χ0v) is 19.3. The van der Waals surface area contributed by atoms with Gasteiger partial charge in [0.25, 0.3) is 5.91 Å². The van der Waals surface area contributed by atoms with E-state index in [9.17, 15) is 14.4 Å².